The summed E-state index contributed by atoms with van der Waals surface area (Å²) in [5.74, 6) is 0.385. The van der Waals surface area contributed by atoms with E-state index in [0.717, 1.165) is 11.1 Å². The van der Waals surface area contributed by atoms with Crippen LogP contribution in [0.15, 0.2) is 18.2 Å². The molecule has 1 fully saturated rings. The first-order valence-corrected chi connectivity index (χ1v) is 7.09. The summed E-state index contributed by atoms with van der Waals surface area (Å²) in [6.45, 7) is 8.52. The summed E-state index contributed by atoms with van der Waals surface area (Å²) in [5.41, 5.74) is 1.26. The molecule has 0 bridgehead atoms. The molecule has 0 aromatic heterocycles. The summed E-state index contributed by atoms with van der Waals surface area (Å²) in [6, 6.07) is 5.80. The number of carbonyl (C=O) groups is 1. The first-order chi connectivity index (χ1) is 9.20. The highest BCUT2D eigenvalue weighted by Gasteiger charge is 2.55. The molecule has 1 aromatic carbocycles. The number of rotatable bonds is 3. The molecular formula is C17H24O3. The molecule has 3 heteroatoms. The van der Waals surface area contributed by atoms with Crippen molar-refractivity contribution in [2.45, 2.75) is 46.0 Å². The smallest absolute Gasteiger partial charge is 0.314 e. The van der Waals surface area contributed by atoms with Crippen LogP contribution < -0.4 is 4.74 Å². The minimum Gasteiger partial charge on any atom is -0.496 e. The zero-order valence-electron chi connectivity index (χ0n) is 13.0. The molecule has 20 heavy (non-hydrogen) atoms. The maximum absolute atomic E-state index is 11.9. The van der Waals surface area contributed by atoms with E-state index in [1.807, 2.05) is 25.1 Å². The summed E-state index contributed by atoms with van der Waals surface area (Å²) < 4.78 is 5.39. The lowest BCUT2D eigenvalue weighted by Gasteiger charge is -2.50. The second-order valence-corrected chi connectivity index (χ2v) is 7.06. The van der Waals surface area contributed by atoms with Crippen molar-refractivity contribution in [2.24, 2.45) is 11.3 Å². The highest BCUT2D eigenvalue weighted by molar-refractivity contribution is 5.84. The number of benzene rings is 1. The van der Waals surface area contributed by atoms with Gasteiger partial charge in [0, 0.05) is 5.56 Å². The molecule has 0 spiro atoms. The maximum Gasteiger partial charge on any atom is 0.314 e. The second kappa shape index (κ2) is 4.80. The number of ether oxygens (including phenoxy) is 1. The van der Waals surface area contributed by atoms with Gasteiger partial charge in [-0.2, -0.15) is 0 Å². The molecule has 0 aliphatic heterocycles. The van der Waals surface area contributed by atoms with Crippen LogP contribution in [0.3, 0.4) is 0 Å². The molecule has 0 atom stereocenters. The van der Waals surface area contributed by atoms with Crippen LogP contribution in [0.1, 0.15) is 44.7 Å². The number of aryl methyl sites for hydroxylation is 1. The van der Waals surface area contributed by atoms with Crippen LogP contribution in [0.4, 0.5) is 0 Å². The van der Waals surface area contributed by atoms with Crippen LogP contribution in [0.25, 0.3) is 0 Å². The van der Waals surface area contributed by atoms with E-state index in [0.29, 0.717) is 24.5 Å². The molecule has 1 saturated carbocycles. The normalized spacial score (nSPS) is 25.9. The predicted octanol–water partition coefficient (Wildman–Crippen LogP) is 3.78. The van der Waals surface area contributed by atoms with E-state index in [1.54, 1.807) is 7.11 Å². The molecule has 0 amide bonds. The van der Waals surface area contributed by atoms with Gasteiger partial charge in [-0.05, 0) is 37.2 Å². The van der Waals surface area contributed by atoms with Gasteiger partial charge in [0.05, 0.1) is 12.5 Å². The summed E-state index contributed by atoms with van der Waals surface area (Å²) in [5, 5.41) is 9.78. The average molecular weight is 276 g/mol. The lowest BCUT2D eigenvalue weighted by Crippen LogP contribution is -2.51. The largest absolute Gasteiger partial charge is 0.496 e. The Morgan fingerprint density at radius 1 is 1.35 bits per heavy atom. The molecule has 1 N–H and O–H groups in total. The summed E-state index contributed by atoms with van der Waals surface area (Å²) in [4.78, 5) is 11.9. The molecule has 1 aromatic rings. The molecule has 0 saturated heterocycles. The van der Waals surface area contributed by atoms with Gasteiger partial charge in [0.25, 0.3) is 0 Å². The minimum atomic E-state index is -0.782. The van der Waals surface area contributed by atoms with E-state index in [2.05, 4.69) is 20.8 Å². The van der Waals surface area contributed by atoms with Gasteiger partial charge >= 0.3 is 5.97 Å². The van der Waals surface area contributed by atoms with E-state index in [9.17, 15) is 9.90 Å². The van der Waals surface area contributed by atoms with Crippen molar-refractivity contribution in [3.05, 3.63) is 29.3 Å². The zero-order chi connectivity index (χ0) is 15.1. The van der Waals surface area contributed by atoms with Gasteiger partial charge < -0.3 is 9.84 Å². The van der Waals surface area contributed by atoms with Crippen LogP contribution in [-0.2, 0) is 10.2 Å². The van der Waals surface area contributed by atoms with Crippen molar-refractivity contribution in [2.75, 3.05) is 7.11 Å². The Morgan fingerprint density at radius 3 is 2.40 bits per heavy atom. The SMILES string of the molecule is COc1ccc(C)cc1C1(C(=O)O)CC(C(C)(C)C)C1. The number of hydrogen-bond acceptors (Lipinski definition) is 2. The van der Waals surface area contributed by atoms with Crippen molar-refractivity contribution in [1.82, 2.24) is 0 Å². The Bertz CT molecular complexity index is 520. The van der Waals surface area contributed by atoms with Crippen molar-refractivity contribution < 1.29 is 14.6 Å². The van der Waals surface area contributed by atoms with Crippen molar-refractivity contribution in [3.8, 4) is 5.75 Å². The van der Waals surface area contributed by atoms with Crippen LogP contribution in [0.2, 0.25) is 0 Å². The third-order valence-electron chi connectivity index (χ3n) is 4.69. The lowest BCUT2D eigenvalue weighted by atomic mass is 9.52. The fraction of sp³-hybridized carbons (Fsp3) is 0.588. The zero-order valence-corrected chi connectivity index (χ0v) is 13.0. The summed E-state index contributed by atoms with van der Waals surface area (Å²) >= 11 is 0. The van der Waals surface area contributed by atoms with Crippen LogP contribution in [0.5, 0.6) is 5.75 Å². The fourth-order valence-corrected chi connectivity index (χ4v) is 3.10. The monoisotopic (exact) mass is 276 g/mol. The van der Waals surface area contributed by atoms with Crippen molar-refractivity contribution >= 4 is 5.97 Å². The van der Waals surface area contributed by atoms with E-state index in [4.69, 9.17) is 4.74 Å². The Kier molecular flexibility index (Phi) is 3.57. The molecule has 3 nitrogen and oxygen atoms in total. The average Bonchev–Trinajstić information content (AvgIpc) is 2.25. The molecule has 0 heterocycles. The standard InChI is InChI=1S/C17H24O3/c1-11-6-7-14(20-5)13(8-11)17(15(18)19)9-12(10-17)16(2,3)4/h6-8,12H,9-10H2,1-5H3,(H,18,19). The molecule has 1 aliphatic carbocycles. The van der Waals surface area contributed by atoms with Gasteiger partial charge in [0.15, 0.2) is 0 Å². The first-order valence-electron chi connectivity index (χ1n) is 7.09. The summed E-state index contributed by atoms with van der Waals surface area (Å²) in [7, 11) is 1.60. The molecule has 1 aliphatic rings. The van der Waals surface area contributed by atoms with Crippen LogP contribution >= 0.6 is 0 Å². The van der Waals surface area contributed by atoms with Crippen LogP contribution in [-0.4, -0.2) is 18.2 Å². The third-order valence-corrected chi connectivity index (χ3v) is 4.69. The number of methoxy groups -OCH3 is 1. The second-order valence-electron chi connectivity index (χ2n) is 7.06. The Labute approximate surface area is 121 Å². The number of aliphatic carboxylic acids is 1. The van der Waals surface area contributed by atoms with Gasteiger partial charge in [-0.15, -0.1) is 0 Å². The molecule has 0 unspecified atom stereocenters. The van der Waals surface area contributed by atoms with Gasteiger partial charge in [0.1, 0.15) is 5.75 Å². The molecule has 110 valence electrons. The Hall–Kier alpha value is -1.51. The van der Waals surface area contributed by atoms with E-state index < -0.39 is 11.4 Å². The lowest BCUT2D eigenvalue weighted by molar-refractivity contribution is -0.152. The number of carboxylic acid groups (broad SMARTS) is 1. The van der Waals surface area contributed by atoms with Gasteiger partial charge in [-0.25, -0.2) is 0 Å². The summed E-state index contributed by atoms with van der Waals surface area (Å²) in [6.07, 6.45) is 1.37. The van der Waals surface area contributed by atoms with E-state index in [-0.39, 0.29) is 5.41 Å². The predicted molar refractivity (Wildman–Crippen MR) is 79.2 cm³/mol. The highest BCUT2D eigenvalue weighted by atomic mass is 16.5. The first kappa shape index (κ1) is 14.9. The number of carboxylic acids is 1. The molecule has 0 radical (unpaired) electrons. The topological polar surface area (TPSA) is 46.5 Å². The quantitative estimate of drug-likeness (QED) is 0.913. The van der Waals surface area contributed by atoms with E-state index in [1.165, 1.54) is 0 Å². The van der Waals surface area contributed by atoms with Crippen molar-refractivity contribution in [1.29, 1.82) is 0 Å². The van der Waals surface area contributed by atoms with Gasteiger partial charge in [-0.3, -0.25) is 4.79 Å². The highest BCUT2D eigenvalue weighted by Crippen LogP contribution is 2.56. The fourth-order valence-electron chi connectivity index (χ4n) is 3.10. The van der Waals surface area contributed by atoms with E-state index >= 15 is 0 Å². The maximum atomic E-state index is 11.9. The van der Waals surface area contributed by atoms with Gasteiger partial charge in [0.2, 0.25) is 0 Å². The molecule has 2 rings (SSSR count). The Balaban J connectivity index is 2.42. The van der Waals surface area contributed by atoms with Crippen LogP contribution in [0, 0.1) is 18.3 Å². The molecular weight excluding hydrogens is 252 g/mol. The third kappa shape index (κ3) is 2.30. The van der Waals surface area contributed by atoms with Crippen molar-refractivity contribution in [3.63, 3.8) is 0 Å². The number of hydrogen-bond donors (Lipinski definition) is 1. The van der Waals surface area contributed by atoms with Gasteiger partial charge in [-0.1, -0.05) is 38.5 Å². The Morgan fingerprint density at radius 2 is 1.95 bits per heavy atom. The minimum absolute atomic E-state index is 0.149.